The Kier molecular flexibility index (Phi) is 5.31. The van der Waals surface area contributed by atoms with Gasteiger partial charge in [0.15, 0.2) is 0 Å². The lowest BCUT2D eigenvalue weighted by Gasteiger charge is -2.12. The van der Waals surface area contributed by atoms with Gasteiger partial charge in [0, 0.05) is 12.1 Å². The van der Waals surface area contributed by atoms with Crippen molar-refractivity contribution in [1.82, 2.24) is 4.90 Å². The van der Waals surface area contributed by atoms with Crippen molar-refractivity contribution in [3.05, 3.63) is 78.7 Å². The van der Waals surface area contributed by atoms with E-state index in [-0.39, 0.29) is 17.1 Å². The van der Waals surface area contributed by atoms with Gasteiger partial charge in [0.2, 0.25) is 0 Å². The maximum absolute atomic E-state index is 12.5. The van der Waals surface area contributed by atoms with Crippen LogP contribution in [-0.4, -0.2) is 21.0 Å². The van der Waals surface area contributed by atoms with Gasteiger partial charge >= 0.3 is 0 Å². The van der Waals surface area contributed by atoms with E-state index in [4.69, 9.17) is 23.2 Å². The lowest BCUT2D eigenvalue weighted by atomic mass is 10.2. The van der Waals surface area contributed by atoms with Crippen molar-refractivity contribution in [2.75, 3.05) is 0 Å². The average Bonchev–Trinajstić information content (AvgIpc) is 2.86. The molecule has 2 aromatic rings. The van der Waals surface area contributed by atoms with Crippen LogP contribution in [0.4, 0.5) is 10.5 Å². The third-order valence-electron chi connectivity index (χ3n) is 3.58. The van der Waals surface area contributed by atoms with E-state index >= 15 is 0 Å². The lowest BCUT2D eigenvalue weighted by Crippen LogP contribution is -2.27. The summed E-state index contributed by atoms with van der Waals surface area (Å²) in [6.45, 7) is -0.0366. The Balaban J connectivity index is 1.82. The molecule has 1 heterocycles. The number of benzene rings is 2. The quantitative estimate of drug-likeness (QED) is 0.397. The lowest BCUT2D eigenvalue weighted by molar-refractivity contribution is -0.384. The smallest absolute Gasteiger partial charge is 0.268 e. The van der Waals surface area contributed by atoms with E-state index in [1.165, 1.54) is 18.2 Å². The van der Waals surface area contributed by atoms with Crippen LogP contribution in [-0.2, 0) is 11.3 Å². The number of non-ortho nitro benzene ring substituents is 1. The molecular weight excluding hydrogens is 399 g/mol. The number of amides is 2. The molecule has 6 nitrogen and oxygen atoms in total. The summed E-state index contributed by atoms with van der Waals surface area (Å²) in [7, 11) is 0. The van der Waals surface area contributed by atoms with Gasteiger partial charge in [0.05, 0.1) is 26.4 Å². The predicted octanol–water partition coefficient (Wildman–Crippen LogP) is 5.14. The van der Waals surface area contributed by atoms with Crippen LogP contribution in [0.1, 0.15) is 11.1 Å². The van der Waals surface area contributed by atoms with E-state index in [9.17, 15) is 19.7 Å². The van der Waals surface area contributed by atoms with Crippen LogP contribution in [0.2, 0.25) is 10.0 Å². The van der Waals surface area contributed by atoms with Crippen LogP contribution >= 0.6 is 35.0 Å². The minimum absolute atomic E-state index is 0.0366. The summed E-state index contributed by atoms with van der Waals surface area (Å²) in [4.78, 5) is 36.3. The molecular formula is C17H10Cl2N2O4S. The summed E-state index contributed by atoms with van der Waals surface area (Å²) in [5.74, 6) is -0.461. The van der Waals surface area contributed by atoms with E-state index in [1.807, 2.05) is 0 Å². The monoisotopic (exact) mass is 408 g/mol. The molecule has 1 saturated heterocycles. The largest absolute Gasteiger partial charge is 0.293 e. The zero-order valence-electron chi connectivity index (χ0n) is 13.0. The number of nitro benzene ring substituents is 1. The molecule has 0 N–H and O–H groups in total. The highest BCUT2D eigenvalue weighted by atomic mass is 35.5. The Morgan fingerprint density at radius 3 is 2.58 bits per heavy atom. The minimum atomic E-state index is -0.526. The molecule has 0 aliphatic carbocycles. The van der Waals surface area contributed by atoms with Crippen LogP contribution in [0.5, 0.6) is 0 Å². The molecule has 26 heavy (non-hydrogen) atoms. The standard InChI is InChI=1S/C17H10Cl2N2O4S/c18-13-5-4-10(7-14(13)19)8-15-16(22)20(17(23)26-15)9-11-2-1-3-12(6-11)21(24)25/h1-8H,9H2/b15-8-. The molecule has 1 aliphatic rings. The van der Waals surface area contributed by atoms with Gasteiger partial charge in [-0.2, -0.15) is 0 Å². The molecule has 2 amide bonds. The third-order valence-corrected chi connectivity index (χ3v) is 5.22. The highest BCUT2D eigenvalue weighted by molar-refractivity contribution is 8.18. The van der Waals surface area contributed by atoms with Crippen LogP contribution in [0.25, 0.3) is 6.08 Å². The molecule has 0 aromatic heterocycles. The molecule has 3 rings (SSSR count). The Hall–Kier alpha value is -2.35. The highest BCUT2D eigenvalue weighted by Gasteiger charge is 2.35. The molecule has 1 fully saturated rings. The number of imide groups is 1. The number of carbonyl (C=O) groups is 2. The van der Waals surface area contributed by atoms with Gasteiger partial charge in [-0.25, -0.2) is 0 Å². The van der Waals surface area contributed by atoms with Crippen molar-refractivity contribution in [3.63, 3.8) is 0 Å². The Labute approximate surface area is 162 Å². The third kappa shape index (κ3) is 3.90. The fourth-order valence-electron chi connectivity index (χ4n) is 2.34. The fraction of sp³-hybridized carbons (Fsp3) is 0.0588. The van der Waals surface area contributed by atoms with Gasteiger partial charge in [-0.3, -0.25) is 24.6 Å². The molecule has 132 valence electrons. The fourth-order valence-corrected chi connectivity index (χ4v) is 3.49. The summed E-state index contributed by atoms with van der Waals surface area (Å²) >= 11 is 12.6. The molecule has 0 spiro atoms. The SMILES string of the molecule is O=C1S/C(=C\c2ccc(Cl)c(Cl)c2)C(=O)N1Cc1cccc([N+](=O)[O-])c1. The number of thioether (sulfide) groups is 1. The summed E-state index contributed by atoms with van der Waals surface area (Å²) < 4.78 is 0. The first-order valence-electron chi connectivity index (χ1n) is 7.29. The number of rotatable bonds is 4. The van der Waals surface area contributed by atoms with E-state index in [0.717, 1.165) is 16.7 Å². The van der Waals surface area contributed by atoms with E-state index in [0.29, 0.717) is 21.2 Å². The molecule has 1 aliphatic heterocycles. The number of nitrogens with zero attached hydrogens (tertiary/aromatic N) is 2. The molecule has 0 radical (unpaired) electrons. The first-order chi connectivity index (χ1) is 12.3. The second kappa shape index (κ2) is 7.49. The van der Waals surface area contributed by atoms with Crippen molar-refractivity contribution >= 4 is 57.9 Å². The van der Waals surface area contributed by atoms with E-state index in [1.54, 1.807) is 30.3 Å². The zero-order valence-corrected chi connectivity index (χ0v) is 15.3. The number of hydrogen-bond donors (Lipinski definition) is 0. The molecule has 0 saturated carbocycles. The van der Waals surface area contributed by atoms with Crippen molar-refractivity contribution in [3.8, 4) is 0 Å². The van der Waals surface area contributed by atoms with Gasteiger partial charge in [-0.05, 0) is 41.1 Å². The predicted molar refractivity (Wildman–Crippen MR) is 101 cm³/mol. The van der Waals surface area contributed by atoms with Gasteiger partial charge in [-0.1, -0.05) is 41.4 Å². The normalized spacial score (nSPS) is 15.8. The van der Waals surface area contributed by atoms with Crippen molar-refractivity contribution < 1.29 is 14.5 Å². The molecule has 0 unspecified atom stereocenters. The number of halogens is 2. The molecule has 2 aromatic carbocycles. The van der Waals surface area contributed by atoms with Crippen molar-refractivity contribution in [2.24, 2.45) is 0 Å². The van der Waals surface area contributed by atoms with Crippen molar-refractivity contribution in [2.45, 2.75) is 6.54 Å². The molecule has 0 bridgehead atoms. The Bertz CT molecular complexity index is 962. The molecule has 9 heteroatoms. The number of nitro groups is 1. The average molecular weight is 409 g/mol. The molecule has 0 atom stereocenters. The highest BCUT2D eigenvalue weighted by Crippen LogP contribution is 2.34. The number of hydrogen-bond acceptors (Lipinski definition) is 5. The topological polar surface area (TPSA) is 80.5 Å². The van der Waals surface area contributed by atoms with Gasteiger partial charge in [0.25, 0.3) is 16.8 Å². The first-order valence-corrected chi connectivity index (χ1v) is 8.86. The van der Waals surface area contributed by atoms with E-state index < -0.39 is 16.1 Å². The summed E-state index contributed by atoms with van der Waals surface area (Å²) in [6.07, 6.45) is 1.56. The van der Waals surface area contributed by atoms with Gasteiger partial charge in [0.1, 0.15) is 0 Å². The zero-order chi connectivity index (χ0) is 18.8. The van der Waals surface area contributed by atoms with Gasteiger partial charge < -0.3 is 0 Å². The Morgan fingerprint density at radius 1 is 1.12 bits per heavy atom. The first kappa shape index (κ1) is 18.4. The summed E-state index contributed by atoms with van der Waals surface area (Å²) in [5.41, 5.74) is 1.04. The van der Waals surface area contributed by atoms with Gasteiger partial charge in [-0.15, -0.1) is 0 Å². The number of carbonyl (C=O) groups excluding carboxylic acids is 2. The maximum atomic E-state index is 12.5. The van der Waals surface area contributed by atoms with Crippen LogP contribution in [0.15, 0.2) is 47.4 Å². The maximum Gasteiger partial charge on any atom is 0.293 e. The van der Waals surface area contributed by atoms with Crippen LogP contribution in [0, 0.1) is 10.1 Å². The van der Waals surface area contributed by atoms with Crippen LogP contribution < -0.4 is 0 Å². The minimum Gasteiger partial charge on any atom is -0.268 e. The Morgan fingerprint density at radius 2 is 1.88 bits per heavy atom. The van der Waals surface area contributed by atoms with E-state index in [2.05, 4.69) is 0 Å². The van der Waals surface area contributed by atoms with Crippen molar-refractivity contribution in [1.29, 1.82) is 0 Å². The van der Waals surface area contributed by atoms with Crippen LogP contribution in [0.3, 0.4) is 0 Å². The summed E-state index contributed by atoms with van der Waals surface area (Å²) in [5, 5.41) is 11.1. The second-order valence-electron chi connectivity index (χ2n) is 5.37. The second-order valence-corrected chi connectivity index (χ2v) is 7.18. The summed E-state index contributed by atoms with van der Waals surface area (Å²) in [6, 6.07) is 10.7.